The first-order valence-corrected chi connectivity index (χ1v) is 11.1. The fraction of sp³-hybridized carbons (Fsp3) is 0.280. The van der Waals surface area contributed by atoms with Gasteiger partial charge in [0, 0.05) is 32.8 Å². The molecule has 4 rings (SSSR count). The number of amides is 2. The van der Waals surface area contributed by atoms with E-state index in [9.17, 15) is 14.4 Å². The van der Waals surface area contributed by atoms with Crippen molar-refractivity contribution in [2.24, 2.45) is 7.05 Å². The van der Waals surface area contributed by atoms with E-state index in [-0.39, 0.29) is 36.9 Å². The molecule has 2 amide bonds. The van der Waals surface area contributed by atoms with Crippen molar-refractivity contribution in [1.29, 1.82) is 0 Å². The lowest BCUT2D eigenvalue weighted by Crippen LogP contribution is -2.34. The van der Waals surface area contributed by atoms with Crippen LogP contribution in [0.25, 0.3) is 11.1 Å². The van der Waals surface area contributed by atoms with Gasteiger partial charge in [-0.1, -0.05) is 48.5 Å². The molecular weight excluding hydrogens is 452 g/mol. The van der Waals surface area contributed by atoms with Crippen molar-refractivity contribution in [2.75, 3.05) is 25.6 Å². The maximum atomic E-state index is 12.6. The molecule has 2 aromatic carbocycles. The van der Waals surface area contributed by atoms with Gasteiger partial charge in [0.25, 0.3) is 5.91 Å². The summed E-state index contributed by atoms with van der Waals surface area (Å²) in [6.07, 6.45) is -0.228. The van der Waals surface area contributed by atoms with Crippen LogP contribution in [0.3, 0.4) is 0 Å². The number of carbonyl (C=O) groups is 3. The van der Waals surface area contributed by atoms with Gasteiger partial charge < -0.3 is 19.9 Å². The number of rotatable bonds is 9. The molecule has 182 valence electrons. The van der Waals surface area contributed by atoms with Crippen LogP contribution in [-0.2, 0) is 21.3 Å². The summed E-state index contributed by atoms with van der Waals surface area (Å²) in [5, 5.41) is 18.2. The average Bonchev–Trinajstić information content (AvgIpc) is 3.37. The molecule has 1 aliphatic carbocycles. The van der Waals surface area contributed by atoms with Gasteiger partial charge in [0.2, 0.25) is 0 Å². The number of aromatic nitrogens is 2. The molecule has 0 spiro atoms. The number of hydrogen-bond acceptors (Lipinski definition) is 6. The molecule has 10 nitrogen and oxygen atoms in total. The number of nitrogens with one attached hydrogen (secondary N) is 2. The second-order valence-corrected chi connectivity index (χ2v) is 8.18. The topological polar surface area (TPSA) is 132 Å². The van der Waals surface area contributed by atoms with E-state index in [1.807, 2.05) is 36.4 Å². The van der Waals surface area contributed by atoms with Crippen molar-refractivity contribution in [1.82, 2.24) is 15.1 Å². The van der Waals surface area contributed by atoms with E-state index in [0.29, 0.717) is 0 Å². The van der Waals surface area contributed by atoms with Gasteiger partial charge in [0.05, 0.1) is 12.5 Å². The van der Waals surface area contributed by atoms with Crippen molar-refractivity contribution in [3.63, 3.8) is 0 Å². The van der Waals surface area contributed by atoms with E-state index in [4.69, 9.17) is 14.6 Å². The Morgan fingerprint density at radius 1 is 1.09 bits per heavy atom. The third kappa shape index (κ3) is 5.33. The summed E-state index contributed by atoms with van der Waals surface area (Å²) in [7, 11) is 2.98. The molecular formula is C25H26N4O6. The highest BCUT2D eigenvalue weighted by Crippen LogP contribution is 2.44. The lowest BCUT2D eigenvalue weighted by Gasteiger charge is -2.15. The van der Waals surface area contributed by atoms with Crippen molar-refractivity contribution in [3.8, 4) is 11.1 Å². The number of anilines is 1. The third-order valence-electron chi connectivity index (χ3n) is 5.86. The standard InChI is InChI=1S/C25H26N4O6/c1-29-13-20(24(32)26-12-15(34-2)11-22(30)31)23(28-29)27-25(33)35-14-21-18-9-5-3-7-16(18)17-8-4-6-10-19(17)21/h3-10,13,15,21H,11-12,14H2,1-2H3,(H,26,32)(H,30,31)(H,27,28,33). The molecule has 1 unspecified atom stereocenters. The molecule has 3 N–H and O–H groups in total. The summed E-state index contributed by atoms with van der Waals surface area (Å²) in [5.41, 5.74) is 4.55. The van der Waals surface area contributed by atoms with Gasteiger partial charge >= 0.3 is 12.1 Å². The van der Waals surface area contributed by atoms with Crippen LogP contribution >= 0.6 is 0 Å². The number of hydrogen-bond donors (Lipinski definition) is 3. The summed E-state index contributed by atoms with van der Waals surface area (Å²) in [6.45, 7) is 0.111. The Bertz CT molecular complexity index is 1210. The van der Waals surface area contributed by atoms with Gasteiger partial charge in [-0.2, -0.15) is 5.10 Å². The highest BCUT2D eigenvalue weighted by Gasteiger charge is 2.29. The molecule has 1 atom stereocenters. The summed E-state index contributed by atoms with van der Waals surface area (Å²) in [4.78, 5) is 36.1. The first kappa shape index (κ1) is 24.0. The average molecular weight is 479 g/mol. The fourth-order valence-corrected chi connectivity index (χ4v) is 4.21. The van der Waals surface area contributed by atoms with E-state index >= 15 is 0 Å². The van der Waals surface area contributed by atoms with Gasteiger partial charge in [-0.15, -0.1) is 0 Å². The molecule has 10 heteroatoms. The molecule has 0 saturated carbocycles. The van der Waals surface area contributed by atoms with Crippen LogP contribution in [0.2, 0.25) is 0 Å². The van der Waals surface area contributed by atoms with Crippen molar-refractivity contribution in [3.05, 3.63) is 71.4 Å². The van der Waals surface area contributed by atoms with Crippen LogP contribution in [0.4, 0.5) is 10.6 Å². The van der Waals surface area contributed by atoms with Gasteiger partial charge in [0.1, 0.15) is 12.2 Å². The van der Waals surface area contributed by atoms with Crippen molar-refractivity contribution >= 4 is 23.8 Å². The van der Waals surface area contributed by atoms with Crippen LogP contribution in [-0.4, -0.2) is 59.2 Å². The van der Waals surface area contributed by atoms with Crippen LogP contribution < -0.4 is 10.6 Å². The molecule has 0 bridgehead atoms. The smallest absolute Gasteiger partial charge is 0.412 e. The number of aryl methyl sites for hydroxylation is 1. The zero-order valence-electron chi connectivity index (χ0n) is 19.4. The molecule has 35 heavy (non-hydrogen) atoms. The first-order chi connectivity index (χ1) is 16.9. The summed E-state index contributed by atoms with van der Waals surface area (Å²) < 4.78 is 12.0. The Morgan fingerprint density at radius 2 is 1.71 bits per heavy atom. The Labute approximate surface area is 201 Å². The lowest BCUT2D eigenvalue weighted by atomic mass is 9.98. The minimum Gasteiger partial charge on any atom is -0.481 e. The zero-order valence-corrected chi connectivity index (χ0v) is 19.4. The molecule has 0 radical (unpaired) electrons. The largest absolute Gasteiger partial charge is 0.481 e. The monoisotopic (exact) mass is 478 g/mol. The molecule has 0 aliphatic heterocycles. The number of carboxylic acid groups (broad SMARTS) is 1. The predicted molar refractivity (Wildman–Crippen MR) is 127 cm³/mol. The zero-order chi connectivity index (χ0) is 24.9. The highest BCUT2D eigenvalue weighted by atomic mass is 16.5. The van der Waals surface area contributed by atoms with Gasteiger partial charge in [-0.05, 0) is 22.3 Å². The Kier molecular flexibility index (Phi) is 7.11. The number of carboxylic acids is 1. The van der Waals surface area contributed by atoms with Crippen LogP contribution in [0.5, 0.6) is 0 Å². The van der Waals surface area contributed by atoms with Gasteiger partial charge in [-0.25, -0.2) is 4.79 Å². The van der Waals surface area contributed by atoms with E-state index in [2.05, 4.69) is 27.9 Å². The molecule has 3 aromatic rings. The SMILES string of the molecule is COC(CNC(=O)c1cn(C)nc1NC(=O)OCC1c2ccccc2-c2ccccc21)CC(=O)O. The first-order valence-electron chi connectivity index (χ1n) is 11.1. The van der Waals surface area contributed by atoms with Crippen LogP contribution in [0.1, 0.15) is 33.8 Å². The lowest BCUT2D eigenvalue weighted by molar-refractivity contribution is -0.139. The van der Waals surface area contributed by atoms with Crippen molar-refractivity contribution < 1.29 is 29.0 Å². The molecule has 0 fully saturated rings. The number of benzene rings is 2. The number of nitrogens with zero attached hydrogens (tertiary/aromatic N) is 2. The maximum Gasteiger partial charge on any atom is 0.412 e. The number of methoxy groups -OCH3 is 1. The quantitative estimate of drug-likeness (QED) is 0.431. The van der Waals surface area contributed by atoms with E-state index < -0.39 is 24.1 Å². The number of fused-ring (bicyclic) bond motifs is 3. The minimum atomic E-state index is -1.04. The number of ether oxygens (including phenoxy) is 2. The molecule has 1 heterocycles. The normalized spacial score (nSPS) is 13.0. The predicted octanol–water partition coefficient (Wildman–Crippen LogP) is 3.00. The molecule has 1 aliphatic rings. The number of carbonyl (C=O) groups excluding carboxylic acids is 2. The third-order valence-corrected chi connectivity index (χ3v) is 5.86. The number of aliphatic carboxylic acids is 1. The second kappa shape index (κ2) is 10.4. The molecule has 0 saturated heterocycles. The maximum absolute atomic E-state index is 12.6. The Hall–Kier alpha value is -4.18. The van der Waals surface area contributed by atoms with Gasteiger partial charge in [0.15, 0.2) is 5.82 Å². The Balaban J connectivity index is 1.40. The van der Waals surface area contributed by atoms with Crippen LogP contribution in [0.15, 0.2) is 54.7 Å². The van der Waals surface area contributed by atoms with Gasteiger partial charge in [-0.3, -0.25) is 19.6 Å². The van der Waals surface area contributed by atoms with E-state index in [1.165, 1.54) is 18.0 Å². The minimum absolute atomic E-state index is 0.0130. The Morgan fingerprint density at radius 3 is 2.31 bits per heavy atom. The summed E-state index contributed by atoms with van der Waals surface area (Å²) >= 11 is 0. The summed E-state index contributed by atoms with van der Waals surface area (Å²) in [6, 6.07) is 16.0. The fourth-order valence-electron chi connectivity index (χ4n) is 4.21. The van der Waals surface area contributed by atoms with Crippen molar-refractivity contribution in [2.45, 2.75) is 18.4 Å². The molecule has 1 aromatic heterocycles. The van der Waals surface area contributed by atoms with Crippen LogP contribution in [0, 0.1) is 0 Å². The second-order valence-electron chi connectivity index (χ2n) is 8.18. The highest BCUT2D eigenvalue weighted by molar-refractivity contribution is 6.01. The van der Waals surface area contributed by atoms with E-state index in [1.54, 1.807) is 7.05 Å². The van der Waals surface area contributed by atoms with E-state index in [0.717, 1.165) is 22.3 Å². The summed E-state index contributed by atoms with van der Waals surface area (Å²) in [5.74, 6) is -1.63.